The predicted octanol–water partition coefficient (Wildman–Crippen LogP) is 2.05. The fraction of sp³-hybridized carbons (Fsp3) is 0.438. The number of rotatable bonds is 9. The van der Waals surface area contributed by atoms with Gasteiger partial charge in [-0.1, -0.05) is 37.3 Å². The van der Waals surface area contributed by atoms with Crippen molar-refractivity contribution in [2.24, 2.45) is 5.92 Å². The number of methoxy groups -OCH3 is 1. The van der Waals surface area contributed by atoms with Gasteiger partial charge in [0.2, 0.25) is 15.4 Å². The van der Waals surface area contributed by atoms with Crippen LogP contribution in [0.15, 0.2) is 28.6 Å². The number of sulfonamides is 1. The van der Waals surface area contributed by atoms with Crippen molar-refractivity contribution in [3.8, 4) is 5.75 Å². The van der Waals surface area contributed by atoms with Crippen LogP contribution in [0.2, 0.25) is 0 Å². The third-order valence-corrected chi connectivity index (χ3v) is 6.13. The number of carbonyl (C=O) groups excluding carboxylic acids is 1. The number of hydrogen-bond acceptors (Lipinski definition) is 7. The Kier molecular flexibility index (Phi) is 7.06. The van der Waals surface area contributed by atoms with Crippen LogP contribution in [0.1, 0.15) is 25.8 Å². The highest BCUT2D eigenvalue weighted by Crippen LogP contribution is 2.20. The Labute approximate surface area is 157 Å². The number of nitrogens with one attached hydrogen (secondary N) is 2. The highest BCUT2D eigenvalue weighted by atomic mass is 32.2. The molecule has 2 aromatic rings. The summed E-state index contributed by atoms with van der Waals surface area (Å²) < 4.78 is 32.0. The summed E-state index contributed by atoms with van der Waals surface area (Å²) in [5, 5.41) is 10.1. The zero-order chi connectivity index (χ0) is 19.2. The molecule has 0 aliphatic heterocycles. The van der Waals surface area contributed by atoms with E-state index >= 15 is 0 Å². The third-order valence-electron chi connectivity index (χ3n) is 3.46. The van der Waals surface area contributed by atoms with Gasteiger partial charge in [0, 0.05) is 12.5 Å². The summed E-state index contributed by atoms with van der Waals surface area (Å²) >= 11 is 0.824. The minimum atomic E-state index is -3.74. The van der Waals surface area contributed by atoms with Crippen molar-refractivity contribution >= 4 is 32.4 Å². The average molecular weight is 399 g/mol. The van der Waals surface area contributed by atoms with Gasteiger partial charge in [-0.2, -0.15) is 0 Å². The molecule has 1 heterocycles. The van der Waals surface area contributed by atoms with Crippen molar-refractivity contribution < 1.29 is 17.9 Å². The highest BCUT2D eigenvalue weighted by molar-refractivity contribution is 7.91. The predicted molar refractivity (Wildman–Crippen MR) is 99.9 cm³/mol. The largest absolute Gasteiger partial charge is 0.497 e. The van der Waals surface area contributed by atoms with Crippen LogP contribution in [-0.2, 0) is 21.2 Å². The van der Waals surface area contributed by atoms with Crippen LogP contribution in [-0.4, -0.2) is 38.2 Å². The summed E-state index contributed by atoms with van der Waals surface area (Å²) in [5.41, 5.74) is 1.07. The lowest BCUT2D eigenvalue weighted by Crippen LogP contribution is -2.25. The van der Waals surface area contributed by atoms with E-state index in [4.69, 9.17) is 4.74 Å². The molecule has 0 saturated carbocycles. The van der Waals surface area contributed by atoms with Crippen molar-refractivity contribution in [1.29, 1.82) is 0 Å². The molecule has 142 valence electrons. The smallest absolute Gasteiger partial charge is 0.269 e. The van der Waals surface area contributed by atoms with Crippen molar-refractivity contribution in [3.63, 3.8) is 0 Å². The van der Waals surface area contributed by atoms with E-state index in [2.05, 4.69) is 20.2 Å². The Morgan fingerprint density at radius 1 is 1.31 bits per heavy atom. The van der Waals surface area contributed by atoms with E-state index in [1.165, 1.54) is 0 Å². The van der Waals surface area contributed by atoms with Gasteiger partial charge in [0.1, 0.15) is 5.75 Å². The lowest BCUT2D eigenvalue weighted by Gasteiger charge is -2.05. The average Bonchev–Trinajstić information content (AvgIpc) is 3.08. The molecule has 1 aromatic heterocycles. The van der Waals surface area contributed by atoms with Crippen molar-refractivity contribution in [2.75, 3.05) is 19.0 Å². The standard InChI is InChI=1S/C16H22N4O4S2/c1-11(2)14(21)18-15-19-20-16(25-15)26(22,23)17-9-5-7-12-6-4-8-13(10-12)24-3/h4,6,8,10-11,17H,5,7,9H2,1-3H3,(H,18,19,21). The van der Waals surface area contributed by atoms with E-state index in [0.29, 0.717) is 12.8 Å². The van der Waals surface area contributed by atoms with Crippen molar-refractivity contribution in [1.82, 2.24) is 14.9 Å². The third kappa shape index (κ3) is 5.75. The summed E-state index contributed by atoms with van der Waals surface area (Å²) in [6.45, 7) is 3.74. The van der Waals surface area contributed by atoms with E-state index in [1.54, 1.807) is 21.0 Å². The van der Waals surface area contributed by atoms with Crippen LogP contribution < -0.4 is 14.8 Å². The summed E-state index contributed by atoms with van der Waals surface area (Å²) in [5.74, 6) is 0.304. The fourth-order valence-corrected chi connectivity index (χ4v) is 4.02. The number of nitrogens with zero attached hydrogens (tertiary/aromatic N) is 2. The molecule has 26 heavy (non-hydrogen) atoms. The number of anilines is 1. The van der Waals surface area contributed by atoms with Crippen LogP contribution in [0.4, 0.5) is 5.13 Å². The Hall–Kier alpha value is -2.04. The molecule has 0 aliphatic rings. The highest BCUT2D eigenvalue weighted by Gasteiger charge is 2.20. The second-order valence-corrected chi connectivity index (χ2v) is 8.79. The van der Waals surface area contributed by atoms with Crippen LogP contribution in [0, 0.1) is 5.92 Å². The second-order valence-electron chi connectivity index (χ2n) is 5.87. The number of hydrogen-bond donors (Lipinski definition) is 2. The van der Waals surface area contributed by atoms with E-state index in [9.17, 15) is 13.2 Å². The van der Waals surface area contributed by atoms with Crippen molar-refractivity contribution in [3.05, 3.63) is 29.8 Å². The first-order valence-corrected chi connectivity index (χ1v) is 10.4. The molecule has 0 aliphatic carbocycles. The number of amides is 1. The van der Waals surface area contributed by atoms with Gasteiger partial charge in [-0.25, -0.2) is 13.1 Å². The van der Waals surface area contributed by atoms with Gasteiger partial charge in [0.15, 0.2) is 0 Å². The molecule has 2 rings (SSSR count). The van der Waals surface area contributed by atoms with Crippen LogP contribution in [0.25, 0.3) is 0 Å². The van der Waals surface area contributed by atoms with Gasteiger partial charge in [0.25, 0.3) is 10.0 Å². The molecule has 2 N–H and O–H groups in total. The Morgan fingerprint density at radius 2 is 2.08 bits per heavy atom. The molecule has 0 saturated heterocycles. The molecule has 0 radical (unpaired) electrons. The van der Waals surface area contributed by atoms with Gasteiger partial charge >= 0.3 is 0 Å². The summed E-state index contributed by atoms with van der Waals surface area (Å²) in [4.78, 5) is 11.6. The molecule has 0 fully saturated rings. The van der Waals surface area contributed by atoms with E-state index in [0.717, 1.165) is 22.6 Å². The molecule has 0 bridgehead atoms. The zero-order valence-corrected chi connectivity index (χ0v) is 16.5. The van der Waals surface area contributed by atoms with E-state index in [-0.39, 0.29) is 27.8 Å². The lowest BCUT2D eigenvalue weighted by molar-refractivity contribution is -0.118. The van der Waals surface area contributed by atoms with Gasteiger partial charge < -0.3 is 10.1 Å². The minimum Gasteiger partial charge on any atom is -0.497 e. The summed E-state index contributed by atoms with van der Waals surface area (Å²) in [6, 6.07) is 7.64. The van der Waals surface area contributed by atoms with Gasteiger partial charge in [-0.15, -0.1) is 10.2 Å². The van der Waals surface area contributed by atoms with Crippen LogP contribution in [0.3, 0.4) is 0 Å². The number of carbonyl (C=O) groups is 1. The maximum absolute atomic E-state index is 12.2. The first-order chi connectivity index (χ1) is 12.3. The van der Waals surface area contributed by atoms with Crippen molar-refractivity contribution in [2.45, 2.75) is 31.0 Å². The molecule has 0 spiro atoms. The zero-order valence-electron chi connectivity index (χ0n) is 14.9. The normalized spacial score (nSPS) is 11.5. The van der Waals surface area contributed by atoms with Crippen LogP contribution >= 0.6 is 11.3 Å². The molecule has 8 nitrogen and oxygen atoms in total. The number of aromatic nitrogens is 2. The summed E-state index contributed by atoms with van der Waals surface area (Å²) in [7, 11) is -2.14. The second kappa shape index (κ2) is 9.06. The topological polar surface area (TPSA) is 110 Å². The summed E-state index contributed by atoms with van der Waals surface area (Å²) in [6.07, 6.45) is 1.34. The van der Waals surface area contributed by atoms with E-state index < -0.39 is 10.0 Å². The molecule has 0 unspecified atom stereocenters. The maximum atomic E-state index is 12.2. The Bertz CT molecular complexity index is 849. The monoisotopic (exact) mass is 398 g/mol. The Balaban J connectivity index is 1.86. The molecule has 0 atom stereocenters. The van der Waals surface area contributed by atoms with E-state index in [1.807, 2.05) is 24.3 Å². The molecule has 1 amide bonds. The quantitative estimate of drug-likeness (QED) is 0.494. The molecular formula is C16H22N4O4S2. The number of ether oxygens (including phenoxy) is 1. The maximum Gasteiger partial charge on any atom is 0.269 e. The first-order valence-electron chi connectivity index (χ1n) is 8.09. The van der Waals surface area contributed by atoms with Crippen LogP contribution in [0.5, 0.6) is 5.75 Å². The van der Waals surface area contributed by atoms with Gasteiger partial charge in [0.05, 0.1) is 7.11 Å². The number of aryl methyl sites for hydroxylation is 1. The van der Waals surface area contributed by atoms with Gasteiger partial charge in [-0.3, -0.25) is 4.79 Å². The first kappa shape index (κ1) is 20.3. The Morgan fingerprint density at radius 3 is 2.77 bits per heavy atom. The minimum absolute atomic E-state index is 0.167. The van der Waals surface area contributed by atoms with Gasteiger partial charge in [-0.05, 0) is 30.5 Å². The molecule has 10 heteroatoms. The number of benzene rings is 1. The SMILES string of the molecule is COc1cccc(CCCNS(=O)(=O)c2nnc(NC(=O)C(C)C)s2)c1. The lowest BCUT2D eigenvalue weighted by atomic mass is 10.1. The fourth-order valence-electron chi connectivity index (χ4n) is 2.01. The molecule has 1 aromatic carbocycles. The molecular weight excluding hydrogens is 376 g/mol.